The van der Waals surface area contributed by atoms with E-state index in [4.69, 9.17) is 5.11 Å². The largest absolute Gasteiger partial charge is 0.480 e. The highest BCUT2D eigenvalue weighted by Gasteiger charge is 2.24. The van der Waals surface area contributed by atoms with Gasteiger partial charge in [0.25, 0.3) is 0 Å². The molecule has 0 fully saturated rings. The van der Waals surface area contributed by atoms with Crippen LogP contribution in [-0.4, -0.2) is 52.6 Å². The Kier molecular flexibility index (Phi) is 8.63. The lowest BCUT2D eigenvalue weighted by Crippen LogP contribution is -2.51. The zero-order valence-electron chi connectivity index (χ0n) is 12.5. The fourth-order valence-corrected chi connectivity index (χ4v) is 2.12. The molecule has 1 atom stereocenters. The monoisotopic (exact) mass is 290 g/mol. The Morgan fingerprint density at radius 2 is 1.84 bits per heavy atom. The van der Waals surface area contributed by atoms with E-state index in [2.05, 4.69) is 5.32 Å². The summed E-state index contributed by atoms with van der Waals surface area (Å²) in [7, 11) is 0. The summed E-state index contributed by atoms with van der Waals surface area (Å²) >= 11 is 1.57. The maximum Gasteiger partial charge on any atom is 0.326 e. The molecule has 0 radical (unpaired) electrons. The Morgan fingerprint density at radius 1 is 1.26 bits per heavy atom. The average Bonchev–Trinajstić information content (AvgIpc) is 2.30. The van der Waals surface area contributed by atoms with E-state index < -0.39 is 12.0 Å². The first-order chi connectivity index (χ1) is 8.79. The van der Waals surface area contributed by atoms with Gasteiger partial charge in [-0.15, -0.1) is 0 Å². The molecule has 0 aliphatic heterocycles. The number of thioether (sulfide) groups is 1. The predicted octanol–water partition coefficient (Wildman–Crippen LogP) is 2.27. The highest BCUT2D eigenvalue weighted by Crippen LogP contribution is 2.07. The second kappa shape index (κ2) is 9.07. The van der Waals surface area contributed by atoms with E-state index in [1.54, 1.807) is 16.7 Å². The summed E-state index contributed by atoms with van der Waals surface area (Å²) in [6.07, 6.45) is 2.36. The molecule has 0 aromatic carbocycles. The van der Waals surface area contributed by atoms with Gasteiger partial charge in [0.1, 0.15) is 6.04 Å². The number of carboxylic acid groups (broad SMARTS) is 1. The molecule has 6 heteroatoms. The molecule has 0 spiro atoms. The molecule has 0 aliphatic rings. The molecule has 0 aromatic heterocycles. The molecule has 0 aliphatic carbocycles. The van der Waals surface area contributed by atoms with Crippen LogP contribution in [0.3, 0.4) is 0 Å². The quantitative estimate of drug-likeness (QED) is 0.719. The number of carbonyl (C=O) groups is 2. The topological polar surface area (TPSA) is 69.6 Å². The molecule has 0 rings (SSSR count). The van der Waals surface area contributed by atoms with Crippen LogP contribution < -0.4 is 5.32 Å². The first-order valence-electron chi connectivity index (χ1n) is 6.58. The number of carbonyl (C=O) groups excluding carboxylic acids is 1. The Balaban J connectivity index is 4.61. The van der Waals surface area contributed by atoms with E-state index in [0.717, 1.165) is 0 Å². The molecule has 0 heterocycles. The van der Waals surface area contributed by atoms with Crippen molar-refractivity contribution in [2.24, 2.45) is 5.92 Å². The molecule has 2 N–H and O–H groups in total. The first-order valence-corrected chi connectivity index (χ1v) is 7.97. The maximum absolute atomic E-state index is 12.1. The van der Waals surface area contributed by atoms with Gasteiger partial charge in [0.2, 0.25) is 0 Å². The number of urea groups is 1. The van der Waals surface area contributed by atoms with Crippen molar-refractivity contribution in [1.82, 2.24) is 10.2 Å². The van der Waals surface area contributed by atoms with Gasteiger partial charge < -0.3 is 15.3 Å². The van der Waals surface area contributed by atoms with E-state index in [1.807, 2.05) is 34.0 Å². The highest BCUT2D eigenvalue weighted by molar-refractivity contribution is 7.98. The molecule has 1 unspecified atom stereocenters. The number of amides is 2. The van der Waals surface area contributed by atoms with Gasteiger partial charge in [-0.3, -0.25) is 0 Å². The Hall–Kier alpha value is -0.910. The van der Waals surface area contributed by atoms with Gasteiger partial charge >= 0.3 is 12.0 Å². The minimum Gasteiger partial charge on any atom is -0.480 e. The van der Waals surface area contributed by atoms with Crippen molar-refractivity contribution in [2.45, 2.75) is 46.2 Å². The number of hydrogen-bond donors (Lipinski definition) is 2. The summed E-state index contributed by atoms with van der Waals surface area (Å²) in [6, 6.07) is -1.05. The fourth-order valence-electron chi connectivity index (χ4n) is 1.65. The third kappa shape index (κ3) is 7.30. The standard InChI is InChI=1S/C13H26N2O3S/c1-9(2)8-15(10(3)4)13(18)14-11(12(16)17)6-7-19-5/h9-11H,6-8H2,1-5H3,(H,14,18)(H,16,17). The van der Waals surface area contributed by atoms with E-state index >= 15 is 0 Å². The SMILES string of the molecule is CSCCC(NC(=O)N(CC(C)C)C(C)C)C(=O)O. The lowest BCUT2D eigenvalue weighted by molar-refractivity contribution is -0.139. The van der Waals surface area contributed by atoms with Crippen LogP contribution in [0.4, 0.5) is 4.79 Å². The molecule has 2 amide bonds. The summed E-state index contributed by atoms with van der Waals surface area (Å²) in [4.78, 5) is 24.9. The number of aliphatic carboxylic acids is 1. The van der Waals surface area contributed by atoms with E-state index in [0.29, 0.717) is 24.6 Å². The molecular weight excluding hydrogens is 264 g/mol. The third-order valence-corrected chi connectivity index (χ3v) is 3.30. The molecule has 19 heavy (non-hydrogen) atoms. The van der Waals surface area contributed by atoms with Crippen LogP contribution in [0.5, 0.6) is 0 Å². The minimum atomic E-state index is -0.976. The highest BCUT2D eigenvalue weighted by atomic mass is 32.2. The number of hydrogen-bond acceptors (Lipinski definition) is 3. The lowest BCUT2D eigenvalue weighted by Gasteiger charge is -2.30. The van der Waals surface area contributed by atoms with Crippen LogP contribution >= 0.6 is 11.8 Å². The first kappa shape index (κ1) is 18.1. The zero-order valence-corrected chi connectivity index (χ0v) is 13.3. The van der Waals surface area contributed by atoms with Crippen molar-refractivity contribution in [3.63, 3.8) is 0 Å². The average molecular weight is 290 g/mol. The maximum atomic E-state index is 12.1. The number of nitrogens with zero attached hydrogens (tertiary/aromatic N) is 1. The number of nitrogens with one attached hydrogen (secondary N) is 1. The summed E-state index contributed by atoms with van der Waals surface area (Å²) in [5.41, 5.74) is 0. The van der Waals surface area contributed by atoms with Gasteiger partial charge in [-0.1, -0.05) is 13.8 Å². The zero-order chi connectivity index (χ0) is 15.0. The summed E-state index contributed by atoms with van der Waals surface area (Å²) < 4.78 is 0. The van der Waals surface area contributed by atoms with Crippen molar-refractivity contribution in [3.05, 3.63) is 0 Å². The van der Waals surface area contributed by atoms with Crippen LogP contribution in [0.1, 0.15) is 34.1 Å². The van der Waals surface area contributed by atoms with Crippen LogP contribution in [0.2, 0.25) is 0 Å². The van der Waals surface area contributed by atoms with E-state index in [-0.39, 0.29) is 12.1 Å². The van der Waals surface area contributed by atoms with Crippen molar-refractivity contribution in [2.75, 3.05) is 18.6 Å². The molecule has 0 aromatic rings. The Labute approximate surface area is 120 Å². The third-order valence-electron chi connectivity index (χ3n) is 2.65. The Morgan fingerprint density at radius 3 is 2.21 bits per heavy atom. The second-order valence-corrected chi connectivity index (χ2v) is 6.25. The van der Waals surface area contributed by atoms with Gasteiger partial charge in [0.05, 0.1) is 0 Å². The van der Waals surface area contributed by atoms with Gasteiger partial charge in [0, 0.05) is 12.6 Å². The van der Waals surface area contributed by atoms with E-state index in [9.17, 15) is 9.59 Å². The molecular formula is C13H26N2O3S. The van der Waals surface area contributed by atoms with Crippen molar-refractivity contribution < 1.29 is 14.7 Å². The van der Waals surface area contributed by atoms with E-state index in [1.165, 1.54) is 0 Å². The van der Waals surface area contributed by atoms with Gasteiger partial charge in [0.15, 0.2) is 0 Å². The number of carboxylic acids is 1. The Bertz CT molecular complexity index is 296. The molecule has 112 valence electrons. The smallest absolute Gasteiger partial charge is 0.326 e. The van der Waals surface area contributed by atoms with Gasteiger partial charge in [-0.05, 0) is 38.2 Å². The molecule has 0 saturated heterocycles. The molecule has 0 saturated carbocycles. The van der Waals surface area contributed by atoms with Crippen LogP contribution in [0.25, 0.3) is 0 Å². The predicted molar refractivity (Wildman–Crippen MR) is 79.6 cm³/mol. The number of rotatable bonds is 8. The minimum absolute atomic E-state index is 0.0531. The van der Waals surface area contributed by atoms with Crippen LogP contribution in [0.15, 0.2) is 0 Å². The fraction of sp³-hybridized carbons (Fsp3) is 0.846. The lowest BCUT2D eigenvalue weighted by atomic mass is 10.2. The van der Waals surface area contributed by atoms with Crippen molar-refractivity contribution in [3.8, 4) is 0 Å². The van der Waals surface area contributed by atoms with Crippen molar-refractivity contribution in [1.29, 1.82) is 0 Å². The van der Waals surface area contributed by atoms with Crippen LogP contribution in [-0.2, 0) is 4.79 Å². The summed E-state index contributed by atoms with van der Waals surface area (Å²) in [6.45, 7) is 8.55. The summed E-state index contributed by atoms with van der Waals surface area (Å²) in [5, 5.41) is 11.7. The summed E-state index contributed by atoms with van der Waals surface area (Å²) in [5.74, 6) is 0.0848. The molecule has 0 bridgehead atoms. The van der Waals surface area contributed by atoms with Crippen LogP contribution in [0, 0.1) is 5.92 Å². The van der Waals surface area contributed by atoms with Gasteiger partial charge in [-0.2, -0.15) is 11.8 Å². The van der Waals surface area contributed by atoms with Gasteiger partial charge in [-0.25, -0.2) is 9.59 Å². The second-order valence-electron chi connectivity index (χ2n) is 5.26. The van der Waals surface area contributed by atoms with Crippen molar-refractivity contribution >= 4 is 23.8 Å². The molecule has 5 nitrogen and oxygen atoms in total. The normalized spacial score (nSPS) is 12.6.